The monoisotopic (exact) mass is 179 g/mol. The second kappa shape index (κ2) is 5.09. The summed E-state index contributed by atoms with van der Waals surface area (Å²) in [6.07, 6.45) is 3.40. The molecule has 0 fully saturated rings. The number of aryl methyl sites for hydroxylation is 1. The van der Waals surface area contributed by atoms with Crippen LogP contribution in [0.1, 0.15) is 5.56 Å². The molecule has 0 unspecified atom stereocenters. The summed E-state index contributed by atoms with van der Waals surface area (Å²) in [5.41, 5.74) is 6.25. The molecule has 1 heterocycles. The minimum absolute atomic E-state index is 0. The average molecular weight is 180 g/mol. The molecule has 3 nitrogen and oxygen atoms in total. The van der Waals surface area contributed by atoms with Crippen LogP contribution in [0.5, 0.6) is 0 Å². The predicted octanol–water partition coefficient (Wildman–Crippen LogP) is 0.733. The number of aromatic nitrogens is 2. The van der Waals surface area contributed by atoms with E-state index in [0.717, 1.165) is 5.56 Å². The van der Waals surface area contributed by atoms with Gasteiger partial charge in [-0.2, -0.15) is 5.10 Å². The minimum Gasteiger partial charge on any atom is -0.326 e. The lowest BCUT2D eigenvalue weighted by Gasteiger charge is -1.92. The van der Waals surface area contributed by atoms with Gasteiger partial charge in [0.15, 0.2) is 0 Å². The van der Waals surface area contributed by atoms with E-state index < -0.39 is 0 Å². The van der Waals surface area contributed by atoms with Crippen LogP contribution in [0.3, 0.4) is 0 Å². The topological polar surface area (TPSA) is 43.8 Å². The van der Waals surface area contributed by atoms with Crippen molar-refractivity contribution in [2.45, 2.75) is 13.1 Å². The summed E-state index contributed by atoms with van der Waals surface area (Å²) in [5.74, 6) is 0. The molecule has 0 aliphatic heterocycles. The van der Waals surface area contributed by atoms with Crippen molar-refractivity contribution < 1.29 is 4.39 Å². The zero-order valence-corrected chi connectivity index (χ0v) is 6.85. The first-order valence-electron chi connectivity index (χ1n) is 3.14. The summed E-state index contributed by atoms with van der Waals surface area (Å²) in [6, 6.07) is 0. The van der Waals surface area contributed by atoms with Gasteiger partial charge in [-0.15, -0.1) is 12.4 Å². The van der Waals surface area contributed by atoms with E-state index in [-0.39, 0.29) is 19.1 Å². The Morgan fingerprint density at radius 3 is 2.82 bits per heavy atom. The van der Waals surface area contributed by atoms with E-state index >= 15 is 0 Å². The summed E-state index contributed by atoms with van der Waals surface area (Å²) in [6.45, 7) is 0.401. The molecule has 0 aromatic carbocycles. The van der Waals surface area contributed by atoms with Crippen LogP contribution in [0, 0.1) is 0 Å². The van der Waals surface area contributed by atoms with E-state index in [0.29, 0.717) is 13.1 Å². The summed E-state index contributed by atoms with van der Waals surface area (Å²) in [5, 5.41) is 3.87. The van der Waals surface area contributed by atoms with Crippen molar-refractivity contribution in [3.05, 3.63) is 18.0 Å². The van der Waals surface area contributed by atoms with E-state index in [4.69, 9.17) is 5.73 Å². The number of nitrogens with two attached hydrogens (primary N) is 1. The predicted molar refractivity (Wildman–Crippen MR) is 43.3 cm³/mol. The van der Waals surface area contributed by atoms with Crippen LogP contribution in [0.15, 0.2) is 12.4 Å². The zero-order chi connectivity index (χ0) is 7.40. The highest BCUT2D eigenvalue weighted by molar-refractivity contribution is 5.85. The normalized spacial score (nSPS) is 9.27. The molecule has 0 aliphatic carbocycles. The quantitative estimate of drug-likeness (QED) is 0.744. The van der Waals surface area contributed by atoms with Gasteiger partial charge in [-0.3, -0.25) is 4.68 Å². The van der Waals surface area contributed by atoms with E-state index in [1.165, 1.54) is 0 Å². The maximum atomic E-state index is 11.7. The third-order valence-electron chi connectivity index (χ3n) is 1.24. The molecule has 1 aromatic heterocycles. The van der Waals surface area contributed by atoms with E-state index in [1.807, 2.05) is 0 Å². The molecule has 0 bridgehead atoms. The Bertz CT molecular complexity index is 201. The fourth-order valence-corrected chi connectivity index (χ4v) is 0.721. The Balaban J connectivity index is 0.000001000. The van der Waals surface area contributed by atoms with E-state index in [2.05, 4.69) is 5.10 Å². The highest BCUT2D eigenvalue weighted by Gasteiger charge is 1.93. The highest BCUT2D eigenvalue weighted by atomic mass is 35.5. The van der Waals surface area contributed by atoms with E-state index in [1.54, 1.807) is 17.1 Å². The molecule has 0 radical (unpaired) electrons. The third-order valence-corrected chi connectivity index (χ3v) is 1.24. The Kier molecular flexibility index (Phi) is 4.81. The van der Waals surface area contributed by atoms with Crippen molar-refractivity contribution >= 4 is 12.4 Å². The van der Waals surface area contributed by atoms with Crippen LogP contribution in [-0.2, 0) is 13.1 Å². The second-order valence-corrected chi connectivity index (χ2v) is 2.00. The molecule has 0 saturated carbocycles. The fraction of sp³-hybridized carbons (Fsp3) is 0.500. The van der Waals surface area contributed by atoms with Crippen molar-refractivity contribution in [3.8, 4) is 0 Å². The lowest BCUT2D eigenvalue weighted by atomic mass is 10.4. The number of rotatable bonds is 3. The van der Waals surface area contributed by atoms with Crippen LogP contribution in [0.2, 0.25) is 0 Å². The molecule has 1 rings (SSSR count). The van der Waals surface area contributed by atoms with E-state index in [9.17, 15) is 4.39 Å². The number of halogens is 2. The second-order valence-electron chi connectivity index (χ2n) is 2.00. The summed E-state index contributed by atoms with van der Waals surface area (Å²) >= 11 is 0. The van der Waals surface area contributed by atoms with Crippen LogP contribution < -0.4 is 5.73 Å². The first-order valence-corrected chi connectivity index (χ1v) is 3.14. The van der Waals surface area contributed by atoms with Crippen LogP contribution in [-0.4, -0.2) is 16.5 Å². The molecule has 5 heteroatoms. The van der Waals surface area contributed by atoms with Crippen molar-refractivity contribution in [1.29, 1.82) is 0 Å². The molecular formula is C6H11ClFN3. The first-order chi connectivity index (χ1) is 4.86. The molecule has 64 valence electrons. The Morgan fingerprint density at radius 1 is 1.64 bits per heavy atom. The van der Waals surface area contributed by atoms with Crippen molar-refractivity contribution in [2.75, 3.05) is 6.67 Å². The lowest BCUT2D eigenvalue weighted by Crippen LogP contribution is -1.99. The molecular weight excluding hydrogens is 169 g/mol. The Labute approximate surface area is 70.8 Å². The summed E-state index contributed by atoms with van der Waals surface area (Å²) in [4.78, 5) is 0. The largest absolute Gasteiger partial charge is 0.326 e. The van der Waals surface area contributed by atoms with Crippen LogP contribution in [0.4, 0.5) is 4.39 Å². The standard InChI is InChI=1S/C6H10FN3.ClH/c7-1-2-10-5-6(3-8)4-9-10;/h4-5H,1-3,8H2;1H. The van der Waals surface area contributed by atoms with Crippen LogP contribution in [0.25, 0.3) is 0 Å². The molecule has 2 N–H and O–H groups in total. The number of hydrogen-bond donors (Lipinski definition) is 1. The summed E-state index contributed by atoms with van der Waals surface area (Å²) < 4.78 is 13.2. The van der Waals surface area contributed by atoms with Crippen molar-refractivity contribution in [2.24, 2.45) is 5.73 Å². The fourth-order valence-electron chi connectivity index (χ4n) is 0.721. The molecule has 0 saturated heterocycles. The van der Waals surface area contributed by atoms with Gasteiger partial charge in [0, 0.05) is 18.3 Å². The number of alkyl halides is 1. The smallest absolute Gasteiger partial charge is 0.109 e. The van der Waals surface area contributed by atoms with Crippen LogP contribution >= 0.6 is 12.4 Å². The molecule has 0 amide bonds. The molecule has 0 aliphatic rings. The molecule has 0 spiro atoms. The molecule has 0 atom stereocenters. The van der Waals surface area contributed by atoms with Crippen molar-refractivity contribution in [1.82, 2.24) is 9.78 Å². The minimum atomic E-state index is -0.383. The number of nitrogens with zero attached hydrogens (tertiary/aromatic N) is 2. The number of hydrogen-bond acceptors (Lipinski definition) is 2. The zero-order valence-electron chi connectivity index (χ0n) is 6.03. The van der Waals surface area contributed by atoms with Gasteiger partial charge in [0.25, 0.3) is 0 Å². The SMILES string of the molecule is Cl.NCc1cnn(CCF)c1. The molecule has 11 heavy (non-hydrogen) atoms. The maximum absolute atomic E-state index is 11.7. The van der Waals surface area contributed by atoms with Gasteiger partial charge in [-0.1, -0.05) is 0 Å². The third kappa shape index (κ3) is 2.86. The highest BCUT2D eigenvalue weighted by Crippen LogP contribution is 1.94. The van der Waals surface area contributed by atoms with Gasteiger partial charge in [0.05, 0.1) is 12.7 Å². The van der Waals surface area contributed by atoms with Gasteiger partial charge in [0.2, 0.25) is 0 Å². The van der Waals surface area contributed by atoms with Gasteiger partial charge >= 0.3 is 0 Å². The van der Waals surface area contributed by atoms with Gasteiger partial charge in [-0.25, -0.2) is 4.39 Å². The van der Waals surface area contributed by atoms with Gasteiger partial charge < -0.3 is 5.73 Å². The van der Waals surface area contributed by atoms with Crippen molar-refractivity contribution in [3.63, 3.8) is 0 Å². The first kappa shape index (κ1) is 10.4. The van der Waals surface area contributed by atoms with Gasteiger partial charge in [0.1, 0.15) is 6.67 Å². The Hall–Kier alpha value is -0.610. The average Bonchev–Trinajstić information content (AvgIpc) is 2.37. The maximum Gasteiger partial charge on any atom is 0.109 e. The van der Waals surface area contributed by atoms with Gasteiger partial charge in [-0.05, 0) is 0 Å². The Morgan fingerprint density at radius 2 is 2.36 bits per heavy atom. The lowest BCUT2D eigenvalue weighted by molar-refractivity contribution is 0.427. The molecule has 1 aromatic rings. The summed E-state index contributed by atoms with van der Waals surface area (Å²) in [7, 11) is 0.